The number of carbonyl (C=O) groups is 2. The second kappa shape index (κ2) is 6.67. The second-order valence-electron chi connectivity index (χ2n) is 3.99. The first-order valence-corrected chi connectivity index (χ1v) is 6.80. The molecule has 0 aliphatic heterocycles. The number of aliphatic carboxylic acids is 1. The van der Waals surface area contributed by atoms with Crippen LogP contribution in [0.15, 0.2) is 41.2 Å². The minimum atomic E-state index is -1.11. The lowest BCUT2D eigenvalue weighted by Crippen LogP contribution is -2.40. The molecule has 2 aromatic rings. The molecule has 3 N–H and O–H groups in total. The Labute approximate surface area is 119 Å². The number of nitrogens with zero attached hydrogens (tertiary/aromatic N) is 1. The van der Waals surface area contributed by atoms with Gasteiger partial charge in [-0.3, -0.25) is 0 Å². The number of carboxylic acids is 1. The summed E-state index contributed by atoms with van der Waals surface area (Å²) in [6, 6.07) is 6.91. The van der Waals surface area contributed by atoms with E-state index in [4.69, 9.17) is 0 Å². The number of carbonyl (C=O) groups excluding carboxylic acids is 1. The van der Waals surface area contributed by atoms with Crippen LogP contribution in [0, 0.1) is 0 Å². The zero-order valence-corrected chi connectivity index (χ0v) is 11.3. The molecule has 1 heterocycles. The summed E-state index contributed by atoms with van der Waals surface area (Å²) in [7, 11) is 0. The smallest absolute Gasteiger partial charge is 0.330 e. The van der Waals surface area contributed by atoms with Gasteiger partial charge in [-0.1, -0.05) is 30.3 Å². The Morgan fingerprint density at radius 2 is 2.05 bits per heavy atom. The summed E-state index contributed by atoms with van der Waals surface area (Å²) in [5, 5.41) is 16.0. The summed E-state index contributed by atoms with van der Waals surface area (Å²) in [6.07, 6.45) is 0. The topological polar surface area (TPSA) is 91.3 Å². The number of rotatable bonds is 5. The Balaban J connectivity index is 1.95. The number of benzene rings is 1. The number of amides is 2. The number of urea groups is 1. The van der Waals surface area contributed by atoms with Gasteiger partial charge in [-0.15, -0.1) is 11.3 Å². The minimum absolute atomic E-state index is 0.260. The summed E-state index contributed by atoms with van der Waals surface area (Å²) in [5.74, 6) is -1.11. The van der Waals surface area contributed by atoms with Crippen LogP contribution in [0.5, 0.6) is 0 Å². The zero-order valence-electron chi connectivity index (χ0n) is 10.4. The largest absolute Gasteiger partial charge is 0.479 e. The first-order valence-electron chi connectivity index (χ1n) is 5.86. The molecule has 0 fully saturated rings. The van der Waals surface area contributed by atoms with E-state index in [-0.39, 0.29) is 6.54 Å². The van der Waals surface area contributed by atoms with Gasteiger partial charge in [0.05, 0.1) is 17.7 Å². The van der Waals surface area contributed by atoms with Crippen molar-refractivity contribution < 1.29 is 14.7 Å². The Bertz CT molecular complexity index is 572. The summed E-state index contributed by atoms with van der Waals surface area (Å²) in [6.45, 7) is 0.260. The fourth-order valence-corrected chi connectivity index (χ4v) is 2.17. The van der Waals surface area contributed by atoms with Crippen LogP contribution < -0.4 is 10.6 Å². The predicted molar refractivity (Wildman–Crippen MR) is 74.3 cm³/mol. The Morgan fingerprint density at radius 3 is 2.65 bits per heavy atom. The highest BCUT2D eigenvalue weighted by molar-refractivity contribution is 7.07. The molecule has 1 aromatic carbocycles. The molecule has 0 saturated heterocycles. The number of aromatic nitrogens is 1. The highest BCUT2D eigenvalue weighted by Gasteiger charge is 2.21. The zero-order chi connectivity index (χ0) is 14.4. The van der Waals surface area contributed by atoms with Gasteiger partial charge in [0.1, 0.15) is 0 Å². The molecule has 1 unspecified atom stereocenters. The number of hydrogen-bond donors (Lipinski definition) is 3. The molecular formula is C13H13N3O3S. The average molecular weight is 291 g/mol. The fraction of sp³-hybridized carbons (Fsp3) is 0.154. The molecule has 104 valence electrons. The van der Waals surface area contributed by atoms with E-state index in [0.717, 1.165) is 5.69 Å². The van der Waals surface area contributed by atoms with Gasteiger partial charge in [0.15, 0.2) is 6.04 Å². The molecule has 0 aliphatic rings. The van der Waals surface area contributed by atoms with E-state index in [1.54, 1.807) is 35.8 Å². The highest BCUT2D eigenvalue weighted by atomic mass is 32.1. The number of nitrogens with one attached hydrogen (secondary N) is 2. The molecular weight excluding hydrogens is 278 g/mol. The van der Waals surface area contributed by atoms with E-state index in [1.807, 2.05) is 5.38 Å². The minimum Gasteiger partial charge on any atom is -0.479 e. The standard InChI is InChI=1S/C13H13N3O3S/c17-12(18)11(9-4-2-1-3-5-9)16-13(19)14-6-10-7-20-8-15-10/h1-5,7-8,11H,6H2,(H,17,18)(H2,14,16,19). The molecule has 0 bridgehead atoms. The number of thiazole rings is 1. The van der Waals surface area contributed by atoms with Gasteiger partial charge >= 0.3 is 12.0 Å². The summed E-state index contributed by atoms with van der Waals surface area (Å²) in [4.78, 5) is 27.0. The van der Waals surface area contributed by atoms with Crippen LogP contribution in [-0.4, -0.2) is 22.1 Å². The SMILES string of the molecule is O=C(NCc1cscn1)NC(C(=O)O)c1ccccc1. The van der Waals surface area contributed by atoms with E-state index in [2.05, 4.69) is 15.6 Å². The Kier molecular flexibility index (Phi) is 4.67. The summed E-state index contributed by atoms with van der Waals surface area (Å²) in [5.41, 5.74) is 2.92. The Hall–Kier alpha value is -2.41. The van der Waals surface area contributed by atoms with Crippen molar-refractivity contribution in [2.45, 2.75) is 12.6 Å². The maximum absolute atomic E-state index is 11.7. The lowest BCUT2D eigenvalue weighted by atomic mass is 10.1. The molecule has 2 rings (SSSR count). The maximum Gasteiger partial charge on any atom is 0.330 e. The third kappa shape index (κ3) is 3.79. The Morgan fingerprint density at radius 1 is 1.30 bits per heavy atom. The van der Waals surface area contributed by atoms with Gasteiger partial charge in [-0.25, -0.2) is 14.6 Å². The molecule has 20 heavy (non-hydrogen) atoms. The number of carboxylic acid groups (broad SMARTS) is 1. The molecule has 0 radical (unpaired) electrons. The third-order valence-electron chi connectivity index (χ3n) is 2.57. The summed E-state index contributed by atoms with van der Waals surface area (Å²) < 4.78 is 0. The van der Waals surface area contributed by atoms with Crippen molar-refractivity contribution in [3.63, 3.8) is 0 Å². The first kappa shape index (κ1) is 14.0. The van der Waals surface area contributed by atoms with Crippen LogP contribution in [0.25, 0.3) is 0 Å². The van der Waals surface area contributed by atoms with Crippen LogP contribution >= 0.6 is 11.3 Å². The molecule has 0 saturated carbocycles. The van der Waals surface area contributed by atoms with Crippen LogP contribution in [0.3, 0.4) is 0 Å². The van der Waals surface area contributed by atoms with Gasteiger partial charge in [0.2, 0.25) is 0 Å². The van der Waals surface area contributed by atoms with Crippen molar-refractivity contribution in [3.05, 3.63) is 52.5 Å². The normalized spacial score (nSPS) is 11.6. The van der Waals surface area contributed by atoms with Crippen molar-refractivity contribution in [1.29, 1.82) is 0 Å². The number of hydrogen-bond acceptors (Lipinski definition) is 4. The van der Waals surface area contributed by atoms with Gasteiger partial charge < -0.3 is 15.7 Å². The first-order chi connectivity index (χ1) is 9.66. The van der Waals surface area contributed by atoms with Crippen molar-refractivity contribution in [2.24, 2.45) is 0 Å². The van der Waals surface area contributed by atoms with Crippen LogP contribution in [0.4, 0.5) is 4.79 Å². The van der Waals surface area contributed by atoms with Gasteiger partial charge in [0, 0.05) is 5.38 Å². The summed E-state index contributed by atoms with van der Waals surface area (Å²) >= 11 is 1.43. The molecule has 1 atom stereocenters. The average Bonchev–Trinajstić information content (AvgIpc) is 2.96. The van der Waals surface area contributed by atoms with E-state index in [1.165, 1.54) is 11.3 Å². The molecule has 7 heteroatoms. The van der Waals surface area contributed by atoms with Crippen LogP contribution in [0.2, 0.25) is 0 Å². The van der Waals surface area contributed by atoms with Crippen LogP contribution in [-0.2, 0) is 11.3 Å². The quantitative estimate of drug-likeness (QED) is 0.783. The van der Waals surface area contributed by atoms with Crippen molar-refractivity contribution in [3.8, 4) is 0 Å². The van der Waals surface area contributed by atoms with Gasteiger partial charge in [0.25, 0.3) is 0 Å². The van der Waals surface area contributed by atoms with E-state index in [0.29, 0.717) is 5.56 Å². The van der Waals surface area contributed by atoms with Crippen molar-refractivity contribution >= 4 is 23.3 Å². The molecule has 0 spiro atoms. The molecule has 2 amide bonds. The highest BCUT2D eigenvalue weighted by Crippen LogP contribution is 2.12. The maximum atomic E-state index is 11.7. The second-order valence-corrected chi connectivity index (χ2v) is 4.71. The van der Waals surface area contributed by atoms with E-state index >= 15 is 0 Å². The van der Waals surface area contributed by atoms with Crippen molar-refractivity contribution in [2.75, 3.05) is 0 Å². The van der Waals surface area contributed by atoms with Crippen LogP contribution in [0.1, 0.15) is 17.3 Å². The fourth-order valence-electron chi connectivity index (χ4n) is 1.61. The predicted octanol–water partition coefficient (Wildman–Crippen LogP) is 1.77. The van der Waals surface area contributed by atoms with Gasteiger partial charge in [-0.05, 0) is 5.56 Å². The van der Waals surface area contributed by atoms with E-state index < -0.39 is 18.0 Å². The lowest BCUT2D eigenvalue weighted by Gasteiger charge is -2.15. The van der Waals surface area contributed by atoms with Crippen molar-refractivity contribution in [1.82, 2.24) is 15.6 Å². The van der Waals surface area contributed by atoms with Gasteiger partial charge in [-0.2, -0.15) is 0 Å². The molecule has 1 aromatic heterocycles. The molecule has 6 nitrogen and oxygen atoms in total. The monoisotopic (exact) mass is 291 g/mol. The lowest BCUT2D eigenvalue weighted by molar-refractivity contribution is -0.139. The van der Waals surface area contributed by atoms with E-state index in [9.17, 15) is 14.7 Å². The molecule has 0 aliphatic carbocycles. The third-order valence-corrected chi connectivity index (χ3v) is 3.20.